The number of anilines is 1. The average molecular weight is 333 g/mol. The Kier molecular flexibility index (Phi) is 5.52. The minimum absolute atomic E-state index is 0.236. The fourth-order valence-electron chi connectivity index (χ4n) is 1.95. The maximum absolute atomic E-state index is 12.1. The fourth-order valence-corrected chi connectivity index (χ4v) is 2.32. The van der Waals surface area contributed by atoms with Crippen LogP contribution >= 0.6 is 23.8 Å². The number of benzene rings is 2. The Balaban J connectivity index is 2.01. The Labute approximate surface area is 140 Å². The minimum atomic E-state index is -0.236. The predicted octanol–water partition coefficient (Wildman–Crippen LogP) is 4.34. The first-order chi connectivity index (χ1) is 10.5. The Bertz CT molecular complexity index is 698. The zero-order valence-corrected chi connectivity index (χ0v) is 14.0. The maximum atomic E-state index is 12.1. The van der Waals surface area contributed by atoms with Crippen molar-refractivity contribution in [3.8, 4) is 0 Å². The Morgan fingerprint density at radius 2 is 1.86 bits per heavy atom. The van der Waals surface area contributed by atoms with Crippen molar-refractivity contribution in [1.82, 2.24) is 5.32 Å². The molecular weight excluding hydrogens is 316 g/mol. The molecule has 0 aliphatic heterocycles. The van der Waals surface area contributed by atoms with Crippen LogP contribution in [-0.4, -0.2) is 11.0 Å². The lowest BCUT2D eigenvalue weighted by molar-refractivity contribution is 0.0977. The average Bonchev–Trinajstić information content (AvgIpc) is 2.51. The van der Waals surface area contributed by atoms with Crippen LogP contribution in [-0.2, 0) is 6.42 Å². The van der Waals surface area contributed by atoms with Crippen LogP contribution in [0.3, 0.4) is 0 Å². The summed E-state index contributed by atoms with van der Waals surface area (Å²) >= 11 is 11.1. The van der Waals surface area contributed by atoms with Crippen LogP contribution in [0.25, 0.3) is 0 Å². The summed E-state index contributed by atoms with van der Waals surface area (Å²) in [5, 5.41) is 6.51. The van der Waals surface area contributed by atoms with Crippen molar-refractivity contribution < 1.29 is 4.79 Å². The molecule has 0 saturated heterocycles. The molecule has 0 radical (unpaired) electrons. The third-order valence-electron chi connectivity index (χ3n) is 3.30. The van der Waals surface area contributed by atoms with E-state index in [1.807, 2.05) is 25.1 Å². The molecule has 0 unspecified atom stereocenters. The fraction of sp³-hybridized carbons (Fsp3) is 0.176. The van der Waals surface area contributed by atoms with E-state index in [1.54, 1.807) is 24.3 Å². The van der Waals surface area contributed by atoms with E-state index in [4.69, 9.17) is 23.8 Å². The summed E-state index contributed by atoms with van der Waals surface area (Å²) in [5.41, 5.74) is 3.53. The number of carbonyl (C=O) groups is 1. The summed E-state index contributed by atoms with van der Waals surface area (Å²) in [7, 11) is 0. The van der Waals surface area contributed by atoms with E-state index in [9.17, 15) is 4.79 Å². The molecule has 3 nitrogen and oxygen atoms in total. The molecule has 22 heavy (non-hydrogen) atoms. The Hall–Kier alpha value is -1.91. The van der Waals surface area contributed by atoms with Gasteiger partial charge in [0.1, 0.15) is 0 Å². The second-order valence-corrected chi connectivity index (χ2v) is 5.76. The second kappa shape index (κ2) is 7.38. The van der Waals surface area contributed by atoms with Gasteiger partial charge >= 0.3 is 0 Å². The lowest BCUT2D eigenvalue weighted by Crippen LogP contribution is -2.34. The molecule has 114 valence electrons. The highest BCUT2D eigenvalue weighted by molar-refractivity contribution is 7.80. The van der Waals surface area contributed by atoms with Gasteiger partial charge in [0.15, 0.2) is 5.11 Å². The van der Waals surface area contributed by atoms with Gasteiger partial charge in [-0.05, 0) is 61.0 Å². The van der Waals surface area contributed by atoms with E-state index in [-0.39, 0.29) is 11.0 Å². The van der Waals surface area contributed by atoms with Crippen molar-refractivity contribution in [2.45, 2.75) is 20.3 Å². The van der Waals surface area contributed by atoms with Crippen molar-refractivity contribution in [2.24, 2.45) is 0 Å². The molecule has 2 aromatic rings. The topological polar surface area (TPSA) is 41.1 Å². The zero-order chi connectivity index (χ0) is 16.1. The van der Waals surface area contributed by atoms with Crippen LogP contribution in [0, 0.1) is 6.92 Å². The molecule has 0 spiro atoms. The van der Waals surface area contributed by atoms with Crippen molar-refractivity contribution in [3.05, 3.63) is 64.2 Å². The van der Waals surface area contributed by atoms with E-state index in [0.29, 0.717) is 10.6 Å². The standard InChI is InChI=1S/C17H17ClN2OS/c1-3-12-5-7-13(8-6-12)16(21)20-17(22)19-15-10-14(18)9-4-11(15)2/h4-10H,3H2,1-2H3,(H2,19,20,21,22). The van der Waals surface area contributed by atoms with Crippen molar-refractivity contribution in [1.29, 1.82) is 0 Å². The van der Waals surface area contributed by atoms with Crippen LogP contribution in [0.15, 0.2) is 42.5 Å². The van der Waals surface area contributed by atoms with Gasteiger partial charge in [0.25, 0.3) is 5.91 Å². The lowest BCUT2D eigenvalue weighted by Gasteiger charge is -2.12. The van der Waals surface area contributed by atoms with Gasteiger partial charge in [0.05, 0.1) is 0 Å². The molecule has 2 N–H and O–H groups in total. The highest BCUT2D eigenvalue weighted by Gasteiger charge is 2.09. The number of aryl methyl sites for hydroxylation is 2. The highest BCUT2D eigenvalue weighted by Crippen LogP contribution is 2.20. The van der Waals surface area contributed by atoms with Gasteiger partial charge < -0.3 is 5.32 Å². The van der Waals surface area contributed by atoms with E-state index < -0.39 is 0 Å². The number of halogens is 1. The van der Waals surface area contributed by atoms with Gasteiger partial charge in [0, 0.05) is 16.3 Å². The lowest BCUT2D eigenvalue weighted by atomic mass is 10.1. The summed E-state index contributed by atoms with van der Waals surface area (Å²) in [5.74, 6) is -0.236. The molecule has 0 bridgehead atoms. The third kappa shape index (κ3) is 4.29. The third-order valence-corrected chi connectivity index (χ3v) is 3.74. The number of hydrogen-bond acceptors (Lipinski definition) is 2. The summed E-state index contributed by atoms with van der Waals surface area (Å²) in [6.45, 7) is 4.01. The Morgan fingerprint density at radius 1 is 1.18 bits per heavy atom. The van der Waals surface area contributed by atoms with Gasteiger partial charge in [-0.1, -0.05) is 36.7 Å². The van der Waals surface area contributed by atoms with E-state index in [0.717, 1.165) is 17.7 Å². The summed E-state index contributed by atoms with van der Waals surface area (Å²) in [4.78, 5) is 12.1. The smallest absolute Gasteiger partial charge is 0.257 e. The predicted molar refractivity (Wildman–Crippen MR) is 95.7 cm³/mol. The molecule has 0 fully saturated rings. The first kappa shape index (κ1) is 16.5. The molecule has 0 atom stereocenters. The number of amides is 1. The second-order valence-electron chi connectivity index (χ2n) is 4.92. The summed E-state index contributed by atoms with van der Waals surface area (Å²) < 4.78 is 0. The number of nitrogens with one attached hydrogen (secondary N) is 2. The van der Waals surface area contributed by atoms with Crippen molar-refractivity contribution in [3.63, 3.8) is 0 Å². The largest absolute Gasteiger partial charge is 0.332 e. The quantitative estimate of drug-likeness (QED) is 0.822. The van der Waals surface area contributed by atoms with Crippen molar-refractivity contribution in [2.75, 3.05) is 5.32 Å². The molecule has 0 aromatic heterocycles. The SMILES string of the molecule is CCc1ccc(C(=O)NC(=S)Nc2cc(Cl)ccc2C)cc1. The molecule has 0 aliphatic rings. The zero-order valence-electron chi connectivity index (χ0n) is 12.4. The molecule has 0 saturated carbocycles. The first-order valence-electron chi connectivity index (χ1n) is 6.97. The molecule has 2 aromatic carbocycles. The molecule has 0 aliphatic carbocycles. The van der Waals surface area contributed by atoms with Gasteiger partial charge in [-0.25, -0.2) is 0 Å². The van der Waals surface area contributed by atoms with Gasteiger partial charge in [-0.15, -0.1) is 0 Å². The van der Waals surface area contributed by atoms with E-state index in [1.165, 1.54) is 5.56 Å². The summed E-state index contributed by atoms with van der Waals surface area (Å²) in [6.07, 6.45) is 0.940. The highest BCUT2D eigenvalue weighted by atomic mass is 35.5. The number of carbonyl (C=O) groups excluding carboxylic acids is 1. The van der Waals surface area contributed by atoms with Crippen LogP contribution in [0.5, 0.6) is 0 Å². The van der Waals surface area contributed by atoms with Gasteiger partial charge in [0.2, 0.25) is 0 Å². The van der Waals surface area contributed by atoms with Crippen LogP contribution in [0.4, 0.5) is 5.69 Å². The van der Waals surface area contributed by atoms with E-state index in [2.05, 4.69) is 17.6 Å². The van der Waals surface area contributed by atoms with Gasteiger partial charge in [-0.2, -0.15) is 0 Å². The first-order valence-corrected chi connectivity index (χ1v) is 7.75. The van der Waals surface area contributed by atoms with Crippen LogP contribution in [0.2, 0.25) is 5.02 Å². The van der Waals surface area contributed by atoms with E-state index >= 15 is 0 Å². The molecule has 5 heteroatoms. The molecular formula is C17H17ClN2OS. The molecule has 2 rings (SSSR count). The Morgan fingerprint density at radius 3 is 2.50 bits per heavy atom. The normalized spacial score (nSPS) is 10.1. The number of hydrogen-bond donors (Lipinski definition) is 2. The molecule has 0 heterocycles. The minimum Gasteiger partial charge on any atom is -0.332 e. The summed E-state index contributed by atoms with van der Waals surface area (Å²) in [6, 6.07) is 12.9. The van der Waals surface area contributed by atoms with Gasteiger partial charge in [-0.3, -0.25) is 10.1 Å². The van der Waals surface area contributed by atoms with Crippen LogP contribution in [0.1, 0.15) is 28.4 Å². The molecule has 1 amide bonds. The maximum Gasteiger partial charge on any atom is 0.257 e. The number of thiocarbonyl (C=S) groups is 1. The number of rotatable bonds is 3. The monoisotopic (exact) mass is 332 g/mol. The van der Waals surface area contributed by atoms with Crippen molar-refractivity contribution >= 4 is 40.5 Å². The van der Waals surface area contributed by atoms with Crippen LogP contribution < -0.4 is 10.6 Å².